The number of urea groups is 1. The molecule has 0 aromatic rings. The smallest absolute Gasteiger partial charge is 0.330 e. The van der Waals surface area contributed by atoms with Crippen LogP contribution in [0.15, 0.2) is 12.7 Å². The Balaban J connectivity index is 1.91. The lowest BCUT2D eigenvalue weighted by Gasteiger charge is -2.15. The highest BCUT2D eigenvalue weighted by molar-refractivity contribution is 6.02. The second kappa shape index (κ2) is 5.24. The van der Waals surface area contributed by atoms with Gasteiger partial charge >= 0.3 is 12.0 Å². The summed E-state index contributed by atoms with van der Waals surface area (Å²) in [5.41, 5.74) is -0.187. The third-order valence-electron chi connectivity index (χ3n) is 4.17. The van der Waals surface area contributed by atoms with E-state index in [9.17, 15) is 14.4 Å². The van der Waals surface area contributed by atoms with Gasteiger partial charge in [-0.25, -0.2) is 9.69 Å². The van der Waals surface area contributed by atoms with Gasteiger partial charge in [-0.05, 0) is 11.3 Å². The fourth-order valence-electron chi connectivity index (χ4n) is 2.74. The third-order valence-corrected chi connectivity index (χ3v) is 4.17. The first-order valence-electron chi connectivity index (χ1n) is 6.66. The number of carbonyl (C=O) groups excluding carboxylic acids is 3. The predicted molar refractivity (Wildman–Crippen MR) is 74.6 cm³/mol. The second-order valence-electron chi connectivity index (χ2n) is 5.82. The number of nitrogens with zero attached hydrogens (tertiary/aromatic N) is 2. The number of terminal acetylenes is 1. The number of esters is 1. The highest BCUT2D eigenvalue weighted by atomic mass is 16.5. The van der Waals surface area contributed by atoms with Gasteiger partial charge in [-0.15, -0.1) is 13.0 Å². The van der Waals surface area contributed by atoms with Crippen molar-refractivity contribution in [2.75, 3.05) is 19.8 Å². The van der Waals surface area contributed by atoms with E-state index in [0.717, 1.165) is 4.90 Å². The Morgan fingerprint density at radius 1 is 1.57 bits per heavy atom. The van der Waals surface area contributed by atoms with Crippen LogP contribution in [0.5, 0.6) is 0 Å². The molecule has 2 atom stereocenters. The molecule has 1 saturated carbocycles. The molecule has 6 nitrogen and oxygen atoms in total. The zero-order valence-corrected chi connectivity index (χ0v) is 12.2. The first-order valence-corrected chi connectivity index (χ1v) is 6.66. The number of ether oxygens (including phenoxy) is 1. The molecule has 0 aromatic carbocycles. The van der Waals surface area contributed by atoms with E-state index in [1.807, 2.05) is 13.8 Å². The van der Waals surface area contributed by atoms with Crippen molar-refractivity contribution in [2.45, 2.75) is 13.8 Å². The van der Waals surface area contributed by atoms with Crippen LogP contribution in [0.1, 0.15) is 13.8 Å². The molecule has 1 aliphatic heterocycles. The van der Waals surface area contributed by atoms with Crippen LogP contribution in [0.3, 0.4) is 0 Å². The van der Waals surface area contributed by atoms with Crippen LogP contribution < -0.4 is 0 Å². The van der Waals surface area contributed by atoms with Crippen molar-refractivity contribution in [2.24, 2.45) is 17.3 Å². The normalized spacial score (nSPS) is 26.5. The fourth-order valence-corrected chi connectivity index (χ4v) is 2.74. The first kappa shape index (κ1) is 15.1. The Bertz CT molecular complexity index is 546. The lowest BCUT2D eigenvalue weighted by atomic mass is 10.1. The van der Waals surface area contributed by atoms with E-state index in [1.165, 1.54) is 4.90 Å². The monoisotopic (exact) mass is 290 g/mol. The average Bonchev–Trinajstić information content (AvgIpc) is 2.88. The fraction of sp³-hybridized carbons (Fsp3) is 0.533. The van der Waals surface area contributed by atoms with Gasteiger partial charge in [0.25, 0.3) is 5.91 Å². The lowest BCUT2D eigenvalue weighted by molar-refractivity contribution is -0.151. The summed E-state index contributed by atoms with van der Waals surface area (Å²) in [6.45, 7) is 7.21. The minimum atomic E-state index is -0.527. The van der Waals surface area contributed by atoms with Crippen molar-refractivity contribution >= 4 is 17.9 Å². The first-order chi connectivity index (χ1) is 9.84. The quantitative estimate of drug-likeness (QED) is 0.326. The Labute approximate surface area is 123 Å². The van der Waals surface area contributed by atoms with Gasteiger partial charge in [0.15, 0.2) is 6.73 Å². The zero-order valence-electron chi connectivity index (χ0n) is 12.2. The molecular weight excluding hydrogens is 272 g/mol. The van der Waals surface area contributed by atoms with Gasteiger partial charge in [0.05, 0.1) is 12.5 Å². The van der Waals surface area contributed by atoms with Crippen molar-refractivity contribution in [1.29, 1.82) is 0 Å². The number of hydrogen-bond donors (Lipinski definition) is 0. The van der Waals surface area contributed by atoms with Crippen LogP contribution in [0.4, 0.5) is 4.79 Å². The third kappa shape index (κ3) is 2.51. The maximum atomic E-state index is 12.0. The second-order valence-corrected chi connectivity index (χ2v) is 5.82. The zero-order chi connectivity index (χ0) is 15.8. The van der Waals surface area contributed by atoms with Crippen molar-refractivity contribution < 1.29 is 19.1 Å². The molecular formula is C15H18N2O4. The molecule has 3 amide bonds. The van der Waals surface area contributed by atoms with Crippen LogP contribution in [0.25, 0.3) is 0 Å². The molecule has 0 N–H and O–H groups in total. The molecule has 1 aliphatic carbocycles. The highest BCUT2D eigenvalue weighted by Crippen LogP contribution is 2.59. The number of hydrogen-bond acceptors (Lipinski definition) is 4. The summed E-state index contributed by atoms with van der Waals surface area (Å²) in [7, 11) is 0. The molecule has 112 valence electrons. The summed E-state index contributed by atoms with van der Waals surface area (Å²) in [5, 5.41) is 0. The molecule has 0 bridgehead atoms. The molecule has 0 spiro atoms. The molecule has 1 heterocycles. The van der Waals surface area contributed by atoms with Crippen LogP contribution in [0.2, 0.25) is 0 Å². The molecule has 2 rings (SSSR count). The van der Waals surface area contributed by atoms with Crippen molar-refractivity contribution in [3.05, 3.63) is 12.7 Å². The van der Waals surface area contributed by atoms with E-state index in [1.54, 1.807) is 6.08 Å². The predicted octanol–water partition coefficient (Wildman–Crippen LogP) is 0.843. The van der Waals surface area contributed by atoms with Crippen molar-refractivity contribution in [3.8, 4) is 12.3 Å². The van der Waals surface area contributed by atoms with Crippen LogP contribution in [0, 0.1) is 29.6 Å². The van der Waals surface area contributed by atoms with Gasteiger partial charge in [0.2, 0.25) is 0 Å². The number of imide groups is 1. The molecule has 1 saturated heterocycles. The van der Waals surface area contributed by atoms with E-state index in [0.29, 0.717) is 0 Å². The lowest BCUT2D eigenvalue weighted by Crippen LogP contribution is -2.36. The molecule has 0 aromatic heterocycles. The highest BCUT2D eigenvalue weighted by Gasteiger charge is 2.61. The summed E-state index contributed by atoms with van der Waals surface area (Å²) in [4.78, 5) is 37.7. The van der Waals surface area contributed by atoms with Crippen LogP contribution in [-0.4, -0.2) is 47.5 Å². The van der Waals surface area contributed by atoms with Gasteiger partial charge in [0.1, 0.15) is 6.54 Å². The molecule has 2 fully saturated rings. The Kier molecular flexibility index (Phi) is 3.77. The summed E-state index contributed by atoms with van der Waals surface area (Å²) >= 11 is 0. The minimum Gasteiger partial charge on any atom is -0.443 e. The van der Waals surface area contributed by atoms with Crippen molar-refractivity contribution in [3.63, 3.8) is 0 Å². The van der Waals surface area contributed by atoms with E-state index < -0.39 is 17.9 Å². The van der Waals surface area contributed by atoms with E-state index in [2.05, 4.69) is 12.5 Å². The van der Waals surface area contributed by atoms with Gasteiger partial charge in [0, 0.05) is 0 Å². The SMILES string of the molecule is C#CCN1CC(=O)N(COC(=O)C2C(C=C)C2(C)C)C1=O. The summed E-state index contributed by atoms with van der Waals surface area (Å²) in [6.07, 6.45) is 6.85. The van der Waals surface area contributed by atoms with E-state index in [4.69, 9.17) is 11.2 Å². The number of allylic oxidation sites excluding steroid dienone is 1. The minimum absolute atomic E-state index is 0.0587. The average molecular weight is 290 g/mol. The van der Waals surface area contributed by atoms with Gasteiger partial charge in [-0.2, -0.15) is 0 Å². The van der Waals surface area contributed by atoms with Gasteiger partial charge in [-0.3, -0.25) is 9.59 Å². The van der Waals surface area contributed by atoms with Crippen LogP contribution in [-0.2, 0) is 14.3 Å². The summed E-state index contributed by atoms with van der Waals surface area (Å²) in [5.74, 6) is 1.26. The Morgan fingerprint density at radius 2 is 2.24 bits per heavy atom. The summed E-state index contributed by atoms with van der Waals surface area (Å²) in [6, 6.07) is -0.527. The van der Waals surface area contributed by atoms with E-state index in [-0.39, 0.29) is 37.1 Å². The van der Waals surface area contributed by atoms with Gasteiger partial charge in [-0.1, -0.05) is 25.8 Å². The maximum absolute atomic E-state index is 12.0. The van der Waals surface area contributed by atoms with Gasteiger partial charge < -0.3 is 9.64 Å². The molecule has 21 heavy (non-hydrogen) atoms. The molecule has 0 radical (unpaired) electrons. The standard InChI is InChI=1S/C15H18N2O4/c1-5-7-16-8-11(18)17(14(16)20)9-21-13(19)12-10(6-2)15(12,3)4/h1,6,10,12H,2,7-9H2,3-4H3. The molecule has 6 heteroatoms. The number of carbonyl (C=O) groups is 3. The maximum Gasteiger partial charge on any atom is 0.330 e. The van der Waals surface area contributed by atoms with Crippen LogP contribution >= 0.6 is 0 Å². The van der Waals surface area contributed by atoms with E-state index >= 15 is 0 Å². The molecule has 2 aliphatic rings. The number of rotatable bonds is 5. The topological polar surface area (TPSA) is 66.9 Å². The number of amides is 3. The van der Waals surface area contributed by atoms with Crippen molar-refractivity contribution in [1.82, 2.24) is 9.80 Å². The molecule has 2 unspecified atom stereocenters. The Morgan fingerprint density at radius 3 is 2.76 bits per heavy atom. The summed E-state index contributed by atoms with van der Waals surface area (Å²) < 4.78 is 5.10. The largest absolute Gasteiger partial charge is 0.443 e. The Hall–Kier alpha value is -2.29.